The zero-order valence-electron chi connectivity index (χ0n) is 19.6. The standard InChI is InChI=1S/C23H33N5OS.ClH/c1-8-26(9-2)10-11-27(22(29)19-14-18(7)28(25-19)15(3)4)23-24-21-17(6)12-16(5)13-20(21)30-23;/h12-15H,8-11H2,1-7H3;1H. The Hall–Kier alpha value is -1.96. The molecule has 0 N–H and O–H groups in total. The first kappa shape index (κ1) is 25.3. The normalized spacial score (nSPS) is 11.4. The average molecular weight is 464 g/mol. The number of aryl methyl sites for hydroxylation is 3. The minimum atomic E-state index is -0.0851. The quantitative estimate of drug-likeness (QED) is 0.448. The van der Waals surface area contributed by atoms with E-state index in [1.165, 1.54) is 5.56 Å². The number of hydrogen-bond acceptors (Lipinski definition) is 5. The van der Waals surface area contributed by atoms with Gasteiger partial charge in [0.1, 0.15) is 0 Å². The zero-order valence-corrected chi connectivity index (χ0v) is 21.2. The topological polar surface area (TPSA) is 54.3 Å². The molecule has 2 heterocycles. The number of thiazole rings is 1. The fourth-order valence-electron chi connectivity index (χ4n) is 3.79. The van der Waals surface area contributed by atoms with Gasteiger partial charge in [-0.1, -0.05) is 31.3 Å². The van der Waals surface area contributed by atoms with Crippen LogP contribution >= 0.6 is 23.7 Å². The van der Waals surface area contributed by atoms with E-state index in [1.807, 2.05) is 22.6 Å². The first-order chi connectivity index (χ1) is 14.2. The van der Waals surface area contributed by atoms with Crippen molar-refractivity contribution in [3.63, 3.8) is 0 Å². The average Bonchev–Trinajstić information content (AvgIpc) is 3.28. The second-order valence-corrected chi connectivity index (χ2v) is 9.13. The van der Waals surface area contributed by atoms with Gasteiger partial charge in [-0.15, -0.1) is 12.4 Å². The van der Waals surface area contributed by atoms with E-state index < -0.39 is 0 Å². The molecule has 0 aliphatic rings. The molecule has 0 radical (unpaired) electrons. The van der Waals surface area contributed by atoms with Crippen molar-refractivity contribution in [1.29, 1.82) is 0 Å². The van der Waals surface area contributed by atoms with Crippen molar-refractivity contribution < 1.29 is 4.79 Å². The van der Waals surface area contributed by atoms with Crippen LogP contribution in [0.3, 0.4) is 0 Å². The third kappa shape index (κ3) is 5.45. The lowest BCUT2D eigenvalue weighted by molar-refractivity contribution is 0.0978. The Balaban J connectivity index is 0.00000341. The highest BCUT2D eigenvalue weighted by molar-refractivity contribution is 7.22. The third-order valence-corrected chi connectivity index (χ3v) is 6.48. The molecule has 0 fully saturated rings. The molecule has 0 saturated heterocycles. The fraction of sp³-hybridized carbons (Fsp3) is 0.522. The lowest BCUT2D eigenvalue weighted by Crippen LogP contribution is -2.39. The fourth-order valence-corrected chi connectivity index (χ4v) is 4.96. The maximum Gasteiger partial charge on any atom is 0.280 e. The summed E-state index contributed by atoms with van der Waals surface area (Å²) in [4.78, 5) is 22.5. The molecule has 0 aliphatic heterocycles. The monoisotopic (exact) mass is 463 g/mol. The van der Waals surface area contributed by atoms with Crippen LogP contribution in [-0.2, 0) is 0 Å². The number of halogens is 1. The summed E-state index contributed by atoms with van der Waals surface area (Å²) in [5.41, 5.74) is 4.80. The van der Waals surface area contributed by atoms with Crippen LogP contribution in [0.15, 0.2) is 18.2 Å². The molecule has 0 bridgehead atoms. The zero-order chi connectivity index (χ0) is 22.0. The number of likely N-dealkylation sites (N-methyl/N-ethyl adjacent to an activating group) is 1. The van der Waals surface area contributed by atoms with E-state index in [-0.39, 0.29) is 24.4 Å². The van der Waals surface area contributed by atoms with E-state index >= 15 is 0 Å². The summed E-state index contributed by atoms with van der Waals surface area (Å²) in [6.45, 7) is 17.9. The van der Waals surface area contributed by atoms with E-state index in [0.29, 0.717) is 12.2 Å². The smallest absolute Gasteiger partial charge is 0.280 e. The Morgan fingerprint density at radius 1 is 1.10 bits per heavy atom. The van der Waals surface area contributed by atoms with E-state index in [9.17, 15) is 4.79 Å². The van der Waals surface area contributed by atoms with Gasteiger partial charge in [0, 0.05) is 24.8 Å². The maximum atomic E-state index is 13.5. The van der Waals surface area contributed by atoms with Crippen molar-refractivity contribution in [2.24, 2.45) is 0 Å². The first-order valence-corrected chi connectivity index (χ1v) is 11.5. The Bertz CT molecular complexity index is 1040. The molecule has 170 valence electrons. The summed E-state index contributed by atoms with van der Waals surface area (Å²) >= 11 is 1.58. The van der Waals surface area contributed by atoms with Gasteiger partial charge in [0.05, 0.1) is 10.2 Å². The van der Waals surface area contributed by atoms with Crippen molar-refractivity contribution in [1.82, 2.24) is 19.7 Å². The van der Waals surface area contributed by atoms with Gasteiger partial charge in [0.15, 0.2) is 10.8 Å². The van der Waals surface area contributed by atoms with E-state index in [1.54, 1.807) is 11.3 Å². The molecule has 8 heteroatoms. The number of nitrogens with zero attached hydrogens (tertiary/aromatic N) is 5. The van der Waals surface area contributed by atoms with E-state index in [4.69, 9.17) is 4.98 Å². The Morgan fingerprint density at radius 2 is 1.77 bits per heavy atom. The SMILES string of the molecule is CCN(CC)CCN(C(=O)c1cc(C)n(C(C)C)n1)c1nc2c(C)cc(C)cc2s1.Cl. The number of amides is 1. The van der Waals surface area contributed by atoms with Crippen LogP contribution in [0.1, 0.15) is 61.0 Å². The predicted molar refractivity (Wildman–Crippen MR) is 133 cm³/mol. The summed E-state index contributed by atoms with van der Waals surface area (Å²) in [6, 6.07) is 6.38. The molecule has 31 heavy (non-hydrogen) atoms. The number of benzene rings is 1. The summed E-state index contributed by atoms with van der Waals surface area (Å²) in [7, 11) is 0. The molecule has 0 spiro atoms. The molecule has 2 aromatic heterocycles. The Labute approximate surface area is 195 Å². The molecular weight excluding hydrogens is 430 g/mol. The van der Waals surface area contributed by atoms with Gasteiger partial charge >= 0.3 is 0 Å². The van der Waals surface area contributed by atoms with Crippen LogP contribution in [0.4, 0.5) is 5.13 Å². The van der Waals surface area contributed by atoms with Crippen LogP contribution in [0.2, 0.25) is 0 Å². The molecule has 3 rings (SSSR count). The number of aromatic nitrogens is 3. The highest BCUT2D eigenvalue weighted by Crippen LogP contribution is 2.32. The minimum absolute atomic E-state index is 0. The molecule has 6 nitrogen and oxygen atoms in total. The summed E-state index contributed by atoms with van der Waals surface area (Å²) in [6.07, 6.45) is 0. The molecule has 0 unspecified atom stereocenters. The molecule has 0 saturated carbocycles. The van der Waals surface area contributed by atoms with Crippen LogP contribution in [-0.4, -0.2) is 51.8 Å². The largest absolute Gasteiger partial charge is 0.302 e. The number of rotatable bonds is 8. The summed E-state index contributed by atoms with van der Waals surface area (Å²) < 4.78 is 3.02. The van der Waals surface area contributed by atoms with Gasteiger partial charge in [0.2, 0.25) is 0 Å². The van der Waals surface area contributed by atoms with Gasteiger partial charge in [-0.25, -0.2) is 4.98 Å². The maximum absolute atomic E-state index is 13.5. The third-order valence-electron chi connectivity index (χ3n) is 5.46. The Morgan fingerprint density at radius 3 is 2.35 bits per heavy atom. The molecule has 0 aliphatic carbocycles. The van der Waals surface area contributed by atoms with Crippen molar-refractivity contribution >= 4 is 45.0 Å². The summed E-state index contributed by atoms with van der Waals surface area (Å²) in [5.74, 6) is -0.0851. The number of hydrogen-bond donors (Lipinski definition) is 0. The van der Waals surface area contributed by atoms with Gasteiger partial charge in [-0.05, 0) is 71.0 Å². The second-order valence-electron chi connectivity index (χ2n) is 8.12. The Kier molecular flexibility index (Phi) is 8.63. The van der Waals surface area contributed by atoms with Crippen LogP contribution in [0.25, 0.3) is 10.2 Å². The van der Waals surface area contributed by atoms with Crippen molar-refractivity contribution in [3.05, 3.63) is 40.7 Å². The van der Waals surface area contributed by atoms with Crippen LogP contribution in [0.5, 0.6) is 0 Å². The number of fused-ring (bicyclic) bond motifs is 1. The first-order valence-electron chi connectivity index (χ1n) is 10.7. The summed E-state index contributed by atoms with van der Waals surface area (Å²) in [5, 5.41) is 5.34. The predicted octanol–water partition coefficient (Wildman–Crippen LogP) is 5.41. The second kappa shape index (κ2) is 10.6. The van der Waals surface area contributed by atoms with Gasteiger partial charge in [-0.3, -0.25) is 14.4 Å². The molecule has 3 aromatic rings. The van der Waals surface area contributed by atoms with Gasteiger partial charge in [-0.2, -0.15) is 5.10 Å². The number of anilines is 1. The highest BCUT2D eigenvalue weighted by atomic mass is 35.5. The van der Waals surface area contributed by atoms with Crippen LogP contribution in [0, 0.1) is 20.8 Å². The lowest BCUT2D eigenvalue weighted by atomic mass is 10.1. The van der Waals surface area contributed by atoms with Crippen molar-refractivity contribution in [2.45, 2.75) is 54.5 Å². The molecule has 0 atom stereocenters. The number of carbonyl (C=O) groups excluding carboxylic acids is 1. The van der Waals surface area contributed by atoms with E-state index in [2.05, 4.69) is 63.7 Å². The van der Waals surface area contributed by atoms with Gasteiger partial charge < -0.3 is 4.90 Å². The highest BCUT2D eigenvalue weighted by Gasteiger charge is 2.25. The number of carbonyl (C=O) groups is 1. The molecular formula is C23H34ClN5OS. The van der Waals surface area contributed by atoms with Crippen molar-refractivity contribution in [3.8, 4) is 0 Å². The van der Waals surface area contributed by atoms with Crippen molar-refractivity contribution in [2.75, 3.05) is 31.1 Å². The lowest BCUT2D eigenvalue weighted by Gasteiger charge is -2.24. The van der Waals surface area contributed by atoms with Gasteiger partial charge in [0.25, 0.3) is 5.91 Å². The minimum Gasteiger partial charge on any atom is -0.302 e. The van der Waals surface area contributed by atoms with Crippen LogP contribution < -0.4 is 4.90 Å². The molecule has 1 aromatic carbocycles. The van der Waals surface area contributed by atoms with E-state index in [0.717, 1.165) is 46.2 Å². The molecule has 1 amide bonds.